The molecule has 0 radical (unpaired) electrons. The maximum absolute atomic E-state index is 12.1. The summed E-state index contributed by atoms with van der Waals surface area (Å²) in [5.74, 6) is 0.826. The summed E-state index contributed by atoms with van der Waals surface area (Å²) in [6.45, 7) is 0.318. The minimum absolute atomic E-state index is 0.305. The number of fused-ring (bicyclic) bond motifs is 1. The van der Waals surface area contributed by atoms with E-state index in [9.17, 15) is 4.39 Å². The van der Waals surface area contributed by atoms with Crippen LogP contribution in [0, 0.1) is 0 Å². The van der Waals surface area contributed by atoms with Crippen LogP contribution in [0.3, 0.4) is 0 Å². The lowest BCUT2D eigenvalue weighted by Gasteiger charge is -2.04. The van der Waals surface area contributed by atoms with Crippen molar-refractivity contribution in [3.05, 3.63) is 48.8 Å². The number of benzene rings is 1. The van der Waals surface area contributed by atoms with Gasteiger partial charge in [-0.25, -0.2) is 4.98 Å². The van der Waals surface area contributed by atoms with Crippen LogP contribution in [0.2, 0.25) is 0 Å². The van der Waals surface area contributed by atoms with E-state index in [-0.39, 0.29) is 6.67 Å². The Morgan fingerprint density at radius 1 is 1.23 bits per heavy atom. The Labute approximate surface area is 128 Å². The fourth-order valence-corrected chi connectivity index (χ4v) is 2.29. The van der Waals surface area contributed by atoms with Crippen molar-refractivity contribution in [2.24, 2.45) is 0 Å². The molecular formula is C17H18FN3O. The second kappa shape index (κ2) is 6.47. The fourth-order valence-electron chi connectivity index (χ4n) is 2.29. The minimum Gasteiger partial charge on any atom is -0.497 e. The third-order valence-electron chi connectivity index (χ3n) is 3.49. The number of methoxy groups -OCH3 is 1. The van der Waals surface area contributed by atoms with Gasteiger partial charge in [-0.1, -0.05) is 0 Å². The Bertz CT molecular complexity index is 752. The SMILES string of the molecule is COc1ccc(-c2cn3ccc(NCCCF)cc3n2)cc1. The van der Waals surface area contributed by atoms with E-state index in [2.05, 4.69) is 10.3 Å². The molecule has 0 aliphatic carbocycles. The van der Waals surface area contributed by atoms with Gasteiger partial charge in [0.15, 0.2) is 0 Å². The first-order valence-electron chi connectivity index (χ1n) is 7.23. The Morgan fingerprint density at radius 3 is 2.77 bits per heavy atom. The number of alkyl halides is 1. The highest BCUT2D eigenvalue weighted by molar-refractivity contribution is 5.65. The number of halogens is 1. The van der Waals surface area contributed by atoms with E-state index >= 15 is 0 Å². The number of nitrogens with zero attached hydrogens (tertiary/aromatic N) is 2. The van der Waals surface area contributed by atoms with Gasteiger partial charge in [0.05, 0.1) is 19.5 Å². The van der Waals surface area contributed by atoms with Crippen molar-refractivity contribution in [2.45, 2.75) is 6.42 Å². The largest absolute Gasteiger partial charge is 0.497 e. The van der Waals surface area contributed by atoms with Crippen molar-refractivity contribution >= 4 is 11.3 Å². The molecule has 0 amide bonds. The molecule has 0 atom stereocenters. The summed E-state index contributed by atoms with van der Waals surface area (Å²) in [6, 6.07) is 11.7. The molecule has 0 bridgehead atoms. The average molecular weight is 299 g/mol. The fraction of sp³-hybridized carbons (Fsp3) is 0.235. The van der Waals surface area contributed by atoms with E-state index in [4.69, 9.17) is 4.74 Å². The van der Waals surface area contributed by atoms with Crippen LogP contribution in [0.25, 0.3) is 16.9 Å². The molecule has 3 aromatic rings. The molecule has 114 valence electrons. The normalized spacial score (nSPS) is 10.8. The molecule has 4 nitrogen and oxygen atoms in total. The maximum atomic E-state index is 12.1. The summed E-state index contributed by atoms with van der Waals surface area (Å²) in [5.41, 5.74) is 3.75. The Balaban J connectivity index is 1.85. The average Bonchev–Trinajstić information content (AvgIpc) is 2.98. The van der Waals surface area contributed by atoms with Gasteiger partial charge in [0.2, 0.25) is 0 Å². The second-order valence-electron chi connectivity index (χ2n) is 5.00. The van der Waals surface area contributed by atoms with Crippen LogP contribution < -0.4 is 10.1 Å². The van der Waals surface area contributed by atoms with Crippen molar-refractivity contribution in [1.29, 1.82) is 0 Å². The minimum atomic E-state index is -0.305. The first-order chi connectivity index (χ1) is 10.8. The lowest BCUT2D eigenvalue weighted by molar-refractivity contribution is 0.415. The Hall–Kier alpha value is -2.56. The van der Waals surface area contributed by atoms with Crippen LogP contribution in [0.15, 0.2) is 48.8 Å². The zero-order valence-corrected chi connectivity index (χ0v) is 12.4. The Kier molecular flexibility index (Phi) is 4.23. The molecule has 0 aliphatic rings. The number of pyridine rings is 1. The summed E-state index contributed by atoms with van der Waals surface area (Å²) in [5, 5.41) is 3.19. The van der Waals surface area contributed by atoms with Crippen LogP contribution in [-0.2, 0) is 0 Å². The molecule has 2 aromatic heterocycles. The number of ether oxygens (including phenoxy) is 1. The summed E-state index contributed by atoms with van der Waals surface area (Å²) in [7, 11) is 1.65. The molecule has 1 N–H and O–H groups in total. The highest BCUT2D eigenvalue weighted by Gasteiger charge is 2.05. The predicted octanol–water partition coefficient (Wildman–Crippen LogP) is 3.78. The van der Waals surface area contributed by atoms with Gasteiger partial charge in [-0.2, -0.15) is 0 Å². The van der Waals surface area contributed by atoms with Gasteiger partial charge in [-0.3, -0.25) is 4.39 Å². The molecule has 0 saturated carbocycles. The molecule has 3 rings (SSSR count). The van der Waals surface area contributed by atoms with Crippen molar-refractivity contribution in [1.82, 2.24) is 9.38 Å². The Morgan fingerprint density at radius 2 is 2.05 bits per heavy atom. The smallest absolute Gasteiger partial charge is 0.139 e. The molecule has 2 heterocycles. The second-order valence-corrected chi connectivity index (χ2v) is 5.00. The lowest BCUT2D eigenvalue weighted by Crippen LogP contribution is -2.02. The van der Waals surface area contributed by atoms with Crippen molar-refractivity contribution < 1.29 is 9.13 Å². The molecule has 0 aliphatic heterocycles. The predicted molar refractivity (Wildman–Crippen MR) is 86.3 cm³/mol. The van der Waals surface area contributed by atoms with E-state index < -0.39 is 0 Å². The van der Waals surface area contributed by atoms with Gasteiger partial charge in [0, 0.05) is 36.3 Å². The molecule has 0 unspecified atom stereocenters. The first kappa shape index (κ1) is 14.4. The van der Waals surface area contributed by atoms with Crippen molar-refractivity contribution in [2.75, 3.05) is 25.6 Å². The summed E-state index contributed by atoms with van der Waals surface area (Å²) >= 11 is 0. The number of aromatic nitrogens is 2. The summed E-state index contributed by atoms with van der Waals surface area (Å²) in [4.78, 5) is 4.64. The molecule has 0 spiro atoms. The maximum Gasteiger partial charge on any atom is 0.139 e. The van der Waals surface area contributed by atoms with Crippen molar-refractivity contribution in [3.8, 4) is 17.0 Å². The van der Waals surface area contributed by atoms with Gasteiger partial charge in [-0.05, 0) is 36.8 Å². The van der Waals surface area contributed by atoms with E-state index in [0.717, 1.165) is 28.3 Å². The van der Waals surface area contributed by atoms with Crippen molar-refractivity contribution in [3.63, 3.8) is 0 Å². The van der Waals surface area contributed by atoms with Gasteiger partial charge < -0.3 is 14.5 Å². The summed E-state index contributed by atoms with van der Waals surface area (Å²) in [6.07, 6.45) is 4.45. The van der Waals surface area contributed by atoms with E-state index in [1.54, 1.807) is 7.11 Å². The zero-order chi connectivity index (χ0) is 15.4. The molecule has 0 saturated heterocycles. The van der Waals surface area contributed by atoms with Gasteiger partial charge >= 0.3 is 0 Å². The van der Waals surface area contributed by atoms with Crippen LogP contribution in [0.1, 0.15) is 6.42 Å². The van der Waals surface area contributed by atoms with E-state index in [1.165, 1.54) is 0 Å². The van der Waals surface area contributed by atoms with Crippen LogP contribution >= 0.6 is 0 Å². The summed E-state index contributed by atoms with van der Waals surface area (Å²) < 4.78 is 19.3. The van der Waals surface area contributed by atoms with E-state index in [0.29, 0.717) is 13.0 Å². The first-order valence-corrected chi connectivity index (χ1v) is 7.23. The third-order valence-corrected chi connectivity index (χ3v) is 3.49. The van der Waals surface area contributed by atoms with Gasteiger partial charge in [0.1, 0.15) is 11.4 Å². The standard InChI is InChI=1S/C17H18FN3O/c1-22-15-5-3-13(4-6-15)16-12-21-10-7-14(11-17(21)20-16)19-9-2-8-18/h3-7,10-12,19H,2,8-9H2,1H3. The number of anilines is 1. The molecule has 22 heavy (non-hydrogen) atoms. The number of rotatable bonds is 6. The number of imidazole rings is 1. The van der Waals surface area contributed by atoms with Crippen LogP contribution in [0.4, 0.5) is 10.1 Å². The highest BCUT2D eigenvalue weighted by Crippen LogP contribution is 2.23. The zero-order valence-electron chi connectivity index (χ0n) is 12.4. The van der Waals surface area contributed by atoms with E-state index in [1.807, 2.05) is 53.2 Å². The quantitative estimate of drug-likeness (QED) is 0.704. The highest BCUT2D eigenvalue weighted by atomic mass is 19.1. The van der Waals surface area contributed by atoms with Crippen LogP contribution in [0.5, 0.6) is 5.75 Å². The molecule has 1 aromatic carbocycles. The molecule has 0 fully saturated rings. The monoisotopic (exact) mass is 299 g/mol. The third kappa shape index (κ3) is 3.03. The van der Waals surface area contributed by atoms with Crippen LogP contribution in [-0.4, -0.2) is 29.7 Å². The molecule has 5 heteroatoms. The lowest BCUT2D eigenvalue weighted by atomic mass is 10.2. The number of hydrogen-bond donors (Lipinski definition) is 1. The topological polar surface area (TPSA) is 38.6 Å². The van der Waals surface area contributed by atoms with Gasteiger partial charge in [0.25, 0.3) is 0 Å². The molecular weight excluding hydrogens is 281 g/mol. The number of nitrogens with one attached hydrogen (secondary N) is 1. The number of hydrogen-bond acceptors (Lipinski definition) is 3. The van der Waals surface area contributed by atoms with Gasteiger partial charge in [-0.15, -0.1) is 0 Å².